The summed E-state index contributed by atoms with van der Waals surface area (Å²) in [4.78, 5) is 0. The number of aliphatic hydroxyl groups is 5. The molecule has 5 heteroatoms. The monoisotopic (exact) mass is 178 g/mol. The molecule has 0 amide bonds. The summed E-state index contributed by atoms with van der Waals surface area (Å²) in [6.45, 7) is 1.83. The third kappa shape index (κ3) is 2.98. The predicted octanol–water partition coefficient (Wildman–Crippen LogP) is 0.701. The van der Waals surface area contributed by atoms with Gasteiger partial charge in [-0.25, -0.2) is 0 Å². The van der Waals surface area contributed by atoms with Gasteiger partial charge in [0.05, 0.1) is 0 Å². The Hall–Kier alpha value is -0.940. The van der Waals surface area contributed by atoms with E-state index in [1.54, 1.807) is 0 Å². The van der Waals surface area contributed by atoms with Crippen molar-refractivity contribution in [2.75, 3.05) is 0 Å². The molecular formula is C7H14O5. The number of unbranched alkanes of at least 4 members (excludes halogenated alkanes) is 1. The van der Waals surface area contributed by atoms with Crippen LogP contribution in [0.2, 0.25) is 0 Å². The van der Waals surface area contributed by atoms with Crippen molar-refractivity contribution in [2.45, 2.75) is 32.0 Å². The van der Waals surface area contributed by atoms with Crippen LogP contribution in [0.4, 0.5) is 0 Å². The van der Waals surface area contributed by atoms with Crippen molar-refractivity contribution in [3.8, 4) is 0 Å². The van der Waals surface area contributed by atoms with Gasteiger partial charge in [-0.2, -0.15) is 0 Å². The Balaban J connectivity index is 4.29. The van der Waals surface area contributed by atoms with Crippen LogP contribution in [0.5, 0.6) is 0 Å². The summed E-state index contributed by atoms with van der Waals surface area (Å²) in [7, 11) is 0. The van der Waals surface area contributed by atoms with Crippen LogP contribution in [0.1, 0.15) is 26.2 Å². The summed E-state index contributed by atoms with van der Waals surface area (Å²) in [6.07, 6.45) is 1.03. The van der Waals surface area contributed by atoms with Crippen LogP contribution < -0.4 is 0 Å². The van der Waals surface area contributed by atoms with Gasteiger partial charge in [0.2, 0.25) is 11.5 Å². The Labute approximate surface area is 70.2 Å². The maximum absolute atomic E-state index is 9.01. The minimum atomic E-state index is -2.53. The number of hydrogen-bond donors (Lipinski definition) is 5. The molecule has 0 aliphatic carbocycles. The first-order valence-corrected chi connectivity index (χ1v) is 3.68. The highest BCUT2D eigenvalue weighted by Gasteiger charge is 2.31. The van der Waals surface area contributed by atoms with Crippen molar-refractivity contribution in [3.05, 3.63) is 11.7 Å². The molecule has 0 unspecified atom stereocenters. The molecule has 0 radical (unpaired) electrons. The zero-order chi connectivity index (χ0) is 9.78. The molecule has 0 aromatic carbocycles. The Kier molecular flexibility index (Phi) is 3.85. The first kappa shape index (κ1) is 11.1. The van der Waals surface area contributed by atoms with E-state index in [2.05, 4.69) is 0 Å². The standard InChI is InChI=1S/C7H14O5/c1-2-3-4-7(11,12)5(8)6(9)10/h8-12H,2-4H2,1H3. The van der Waals surface area contributed by atoms with Crippen LogP contribution in [0.25, 0.3) is 0 Å². The SMILES string of the molecule is CCCCC(O)(O)C(O)=C(O)O. The molecular weight excluding hydrogens is 164 g/mol. The van der Waals surface area contributed by atoms with E-state index >= 15 is 0 Å². The van der Waals surface area contributed by atoms with Crippen molar-refractivity contribution in [3.63, 3.8) is 0 Å². The molecule has 0 rings (SSSR count). The Bertz CT molecular complexity index is 169. The normalized spacial score (nSPS) is 11.2. The van der Waals surface area contributed by atoms with Crippen LogP contribution >= 0.6 is 0 Å². The van der Waals surface area contributed by atoms with Gasteiger partial charge < -0.3 is 25.5 Å². The zero-order valence-electron chi connectivity index (χ0n) is 6.86. The average Bonchev–Trinajstić information content (AvgIpc) is 1.99. The lowest BCUT2D eigenvalue weighted by atomic mass is 10.1. The molecule has 0 atom stereocenters. The molecule has 0 saturated carbocycles. The molecule has 0 spiro atoms. The largest absolute Gasteiger partial charge is 0.502 e. The highest BCUT2D eigenvalue weighted by molar-refractivity contribution is 5.01. The van der Waals surface area contributed by atoms with Gasteiger partial charge in [-0.15, -0.1) is 0 Å². The number of hydrogen-bond acceptors (Lipinski definition) is 5. The van der Waals surface area contributed by atoms with Crippen molar-refractivity contribution in [1.82, 2.24) is 0 Å². The van der Waals surface area contributed by atoms with Crippen LogP contribution in [0, 0.1) is 0 Å². The van der Waals surface area contributed by atoms with E-state index in [9.17, 15) is 0 Å². The Morgan fingerprint density at radius 1 is 1.17 bits per heavy atom. The smallest absolute Gasteiger partial charge is 0.319 e. The maximum Gasteiger partial charge on any atom is 0.319 e. The second-order valence-corrected chi connectivity index (χ2v) is 2.59. The van der Waals surface area contributed by atoms with Crippen molar-refractivity contribution in [2.24, 2.45) is 0 Å². The fraction of sp³-hybridized carbons (Fsp3) is 0.714. The van der Waals surface area contributed by atoms with Gasteiger partial charge >= 0.3 is 5.95 Å². The fourth-order valence-corrected chi connectivity index (χ4v) is 0.721. The minimum absolute atomic E-state index is 0.139. The quantitative estimate of drug-likeness (QED) is 0.322. The van der Waals surface area contributed by atoms with Gasteiger partial charge in [-0.3, -0.25) is 0 Å². The molecule has 0 heterocycles. The van der Waals surface area contributed by atoms with Crippen LogP contribution in [0.3, 0.4) is 0 Å². The summed E-state index contributed by atoms with van der Waals surface area (Å²) in [5.41, 5.74) is 0. The number of aliphatic hydroxyl groups excluding tert-OH is 2. The van der Waals surface area contributed by atoms with Gasteiger partial charge in [0.1, 0.15) is 0 Å². The summed E-state index contributed by atoms with van der Waals surface area (Å²) in [5.74, 6) is -5.21. The van der Waals surface area contributed by atoms with Crippen LogP contribution in [0.15, 0.2) is 11.7 Å². The lowest BCUT2D eigenvalue weighted by Gasteiger charge is -2.19. The van der Waals surface area contributed by atoms with Crippen molar-refractivity contribution < 1.29 is 25.5 Å². The van der Waals surface area contributed by atoms with Crippen molar-refractivity contribution in [1.29, 1.82) is 0 Å². The van der Waals surface area contributed by atoms with Crippen molar-refractivity contribution >= 4 is 0 Å². The lowest BCUT2D eigenvalue weighted by Crippen LogP contribution is -2.31. The number of rotatable bonds is 4. The molecule has 0 aromatic heterocycles. The first-order chi connectivity index (χ1) is 5.41. The first-order valence-electron chi connectivity index (χ1n) is 3.68. The fourth-order valence-electron chi connectivity index (χ4n) is 0.721. The zero-order valence-corrected chi connectivity index (χ0v) is 6.86. The Morgan fingerprint density at radius 3 is 2.00 bits per heavy atom. The molecule has 0 fully saturated rings. The van der Waals surface area contributed by atoms with E-state index in [-0.39, 0.29) is 6.42 Å². The summed E-state index contributed by atoms with van der Waals surface area (Å²) in [6, 6.07) is 0. The second-order valence-electron chi connectivity index (χ2n) is 2.59. The van der Waals surface area contributed by atoms with Gasteiger partial charge in [0, 0.05) is 6.42 Å². The van der Waals surface area contributed by atoms with E-state index in [0.717, 1.165) is 0 Å². The maximum atomic E-state index is 9.01. The molecule has 0 aromatic rings. The molecule has 0 bridgehead atoms. The average molecular weight is 178 g/mol. The summed E-state index contributed by atoms with van der Waals surface area (Å²) < 4.78 is 0. The van der Waals surface area contributed by atoms with Gasteiger partial charge in [-0.1, -0.05) is 13.3 Å². The van der Waals surface area contributed by atoms with Gasteiger partial charge in [-0.05, 0) is 6.42 Å². The van der Waals surface area contributed by atoms with E-state index in [1.165, 1.54) is 0 Å². The molecule has 72 valence electrons. The second kappa shape index (κ2) is 4.18. The van der Waals surface area contributed by atoms with Gasteiger partial charge in [0.25, 0.3) is 0 Å². The van der Waals surface area contributed by atoms with Crippen LogP contribution in [-0.4, -0.2) is 31.3 Å². The molecule has 0 aliphatic heterocycles. The summed E-state index contributed by atoms with van der Waals surface area (Å²) >= 11 is 0. The highest BCUT2D eigenvalue weighted by atomic mass is 16.5. The van der Waals surface area contributed by atoms with Crippen LogP contribution in [-0.2, 0) is 0 Å². The van der Waals surface area contributed by atoms with E-state index in [1.807, 2.05) is 6.92 Å². The topological polar surface area (TPSA) is 101 Å². The molecule has 5 N–H and O–H groups in total. The molecule has 0 saturated heterocycles. The molecule has 0 aliphatic rings. The lowest BCUT2D eigenvalue weighted by molar-refractivity contribution is -0.164. The van der Waals surface area contributed by atoms with E-state index in [4.69, 9.17) is 25.5 Å². The Morgan fingerprint density at radius 2 is 1.67 bits per heavy atom. The molecule has 12 heavy (non-hydrogen) atoms. The van der Waals surface area contributed by atoms with Gasteiger partial charge in [0.15, 0.2) is 0 Å². The molecule has 5 nitrogen and oxygen atoms in total. The minimum Gasteiger partial charge on any atom is -0.502 e. The third-order valence-corrected chi connectivity index (χ3v) is 1.47. The predicted molar refractivity (Wildman–Crippen MR) is 41.6 cm³/mol. The summed E-state index contributed by atoms with van der Waals surface area (Å²) in [5, 5.41) is 43.4. The van der Waals surface area contributed by atoms with E-state index in [0.29, 0.717) is 12.8 Å². The highest BCUT2D eigenvalue weighted by Crippen LogP contribution is 2.19. The van der Waals surface area contributed by atoms with E-state index < -0.39 is 17.5 Å². The third-order valence-electron chi connectivity index (χ3n) is 1.47.